The first kappa shape index (κ1) is 9.02. The molecule has 0 spiro atoms. The quantitative estimate of drug-likeness (QED) is 0.743. The lowest BCUT2D eigenvalue weighted by atomic mass is 10.3. The van der Waals surface area contributed by atoms with Gasteiger partial charge in [0, 0.05) is 13.7 Å². The molecule has 14 heavy (non-hydrogen) atoms. The van der Waals surface area contributed by atoms with E-state index in [0.29, 0.717) is 6.61 Å². The van der Waals surface area contributed by atoms with Gasteiger partial charge < -0.3 is 15.0 Å². The first-order chi connectivity index (χ1) is 6.83. The number of nitrogens with zero attached hydrogens (tertiary/aromatic N) is 2. The van der Waals surface area contributed by atoms with Gasteiger partial charge in [-0.2, -0.15) is 0 Å². The van der Waals surface area contributed by atoms with E-state index in [1.165, 1.54) is 0 Å². The molecule has 0 unspecified atom stereocenters. The lowest BCUT2D eigenvalue weighted by molar-refractivity contribution is 0.188. The van der Waals surface area contributed by atoms with Crippen LogP contribution in [0, 0.1) is 0 Å². The van der Waals surface area contributed by atoms with Crippen LogP contribution in [0.5, 0.6) is 0 Å². The summed E-state index contributed by atoms with van der Waals surface area (Å²) in [6.45, 7) is 1.48. The maximum atomic E-state index is 5.79. The van der Waals surface area contributed by atoms with E-state index in [9.17, 15) is 0 Å². The van der Waals surface area contributed by atoms with E-state index in [2.05, 4.69) is 4.98 Å². The molecule has 0 atom stereocenters. The van der Waals surface area contributed by atoms with Gasteiger partial charge in [0.25, 0.3) is 0 Å². The number of nitrogen functional groups attached to an aromatic ring is 1. The lowest BCUT2D eigenvalue weighted by Gasteiger charge is -2.02. The molecule has 0 aliphatic rings. The maximum absolute atomic E-state index is 5.79. The highest BCUT2D eigenvalue weighted by Gasteiger charge is 2.03. The van der Waals surface area contributed by atoms with Gasteiger partial charge >= 0.3 is 0 Å². The average molecular weight is 191 g/mol. The van der Waals surface area contributed by atoms with E-state index < -0.39 is 0 Å². The van der Waals surface area contributed by atoms with Crippen molar-refractivity contribution in [1.29, 1.82) is 0 Å². The third-order valence-electron chi connectivity index (χ3n) is 2.22. The molecule has 1 heterocycles. The summed E-state index contributed by atoms with van der Waals surface area (Å²) in [7, 11) is 1.69. The Morgan fingerprint density at radius 1 is 1.50 bits per heavy atom. The zero-order valence-corrected chi connectivity index (χ0v) is 8.10. The molecule has 74 valence electrons. The first-order valence-electron chi connectivity index (χ1n) is 4.51. The van der Waals surface area contributed by atoms with Gasteiger partial charge in [0.15, 0.2) is 0 Å². The zero-order valence-electron chi connectivity index (χ0n) is 8.10. The summed E-state index contributed by atoms with van der Waals surface area (Å²) in [5.74, 6) is 0. The number of benzene rings is 1. The Labute approximate surface area is 82.3 Å². The number of rotatable bonds is 3. The summed E-state index contributed by atoms with van der Waals surface area (Å²) < 4.78 is 7.05. The predicted octanol–water partition coefficient (Wildman–Crippen LogP) is 1.26. The molecule has 2 rings (SSSR count). The van der Waals surface area contributed by atoms with Gasteiger partial charge in [-0.15, -0.1) is 0 Å². The second kappa shape index (κ2) is 3.67. The van der Waals surface area contributed by atoms with Crippen LogP contribution in [-0.4, -0.2) is 23.3 Å². The van der Waals surface area contributed by atoms with E-state index >= 15 is 0 Å². The molecule has 4 nitrogen and oxygen atoms in total. The van der Waals surface area contributed by atoms with Crippen LogP contribution in [0.15, 0.2) is 24.5 Å². The van der Waals surface area contributed by atoms with Crippen molar-refractivity contribution in [3.05, 3.63) is 24.5 Å². The molecule has 4 heteroatoms. The van der Waals surface area contributed by atoms with Crippen LogP contribution in [0.3, 0.4) is 0 Å². The molecule has 2 N–H and O–H groups in total. The van der Waals surface area contributed by atoms with Crippen molar-refractivity contribution in [2.75, 3.05) is 19.5 Å². The van der Waals surface area contributed by atoms with E-state index in [-0.39, 0.29) is 0 Å². The minimum atomic E-state index is 0.681. The van der Waals surface area contributed by atoms with Gasteiger partial charge in [0.05, 0.1) is 24.1 Å². The van der Waals surface area contributed by atoms with Gasteiger partial charge in [-0.3, -0.25) is 0 Å². The summed E-state index contributed by atoms with van der Waals surface area (Å²) in [5.41, 5.74) is 8.43. The fourth-order valence-electron chi connectivity index (χ4n) is 1.48. The number of hydrogen-bond acceptors (Lipinski definition) is 3. The fourth-order valence-corrected chi connectivity index (χ4v) is 1.48. The Bertz CT molecular complexity index is 436. The normalized spacial score (nSPS) is 10.9. The summed E-state index contributed by atoms with van der Waals surface area (Å²) >= 11 is 0. The number of nitrogens with two attached hydrogens (primary N) is 1. The van der Waals surface area contributed by atoms with Crippen LogP contribution >= 0.6 is 0 Å². The highest BCUT2D eigenvalue weighted by atomic mass is 16.5. The SMILES string of the molecule is COCCn1cnc2c(N)cccc21. The van der Waals surface area contributed by atoms with Crippen LogP contribution < -0.4 is 5.73 Å². The zero-order chi connectivity index (χ0) is 9.97. The number of hydrogen-bond donors (Lipinski definition) is 1. The van der Waals surface area contributed by atoms with Gasteiger partial charge in [-0.25, -0.2) is 4.98 Å². The number of anilines is 1. The van der Waals surface area contributed by atoms with Crippen molar-refractivity contribution in [2.24, 2.45) is 0 Å². The number of ether oxygens (including phenoxy) is 1. The lowest BCUT2D eigenvalue weighted by Crippen LogP contribution is -2.02. The Balaban J connectivity index is 2.42. The molecule has 0 saturated carbocycles. The molecule has 0 aliphatic carbocycles. The van der Waals surface area contributed by atoms with Crippen LogP contribution in [0.1, 0.15) is 0 Å². The van der Waals surface area contributed by atoms with Crippen molar-refractivity contribution in [2.45, 2.75) is 6.54 Å². The van der Waals surface area contributed by atoms with Crippen LogP contribution in [0.4, 0.5) is 5.69 Å². The van der Waals surface area contributed by atoms with E-state index in [1.54, 1.807) is 13.4 Å². The van der Waals surface area contributed by atoms with Crippen molar-refractivity contribution in [1.82, 2.24) is 9.55 Å². The molecular weight excluding hydrogens is 178 g/mol. The highest BCUT2D eigenvalue weighted by Crippen LogP contribution is 2.18. The van der Waals surface area contributed by atoms with Gasteiger partial charge in [-0.1, -0.05) is 6.07 Å². The van der Waals surface area contributed by atoms with E-state index in [0.717, 1.165) is 23.3 Å². The number of fused-ring (bicyclic) bond motifs is 1. The maximum Gasteiger partial charge on any atom is 0.111 e. The molecular formula is C10H13N3O. The molecule has 2 aromatic rings. The second-order valence-electron chi connectivity index (χ2n) is 3.15. The number of para-hydroxylation sites is 1. The fraction of sp³-hybridized carbons (Fsp3) is 0.300. The Morgan fingerprint density at radius 2 is 2.36 bits per heavy atom. The largest absolute Gasteiger partial charge is 0.397 e. The Kier molecular flexibility index (Phi) is 2.37. The predicted molar refractivity (Wildman–Crippen MR) is 56.0 cm³/mol. The average Bonchev–Trinajstić information content (AvgIpc) is 2.60. The summed E-state index contributed by atoms with van der Waals surface area (Å²) in [4.78, 5) is 4.25. The van der Waals surface area contributed by atoms with Crippen LogP contribution in [0.2, 0.25) is 0 Å². The van der Waals surface area contributed by atoms with Crippen LogP contribution in [-0.2, 0) is 11.3 Å². The number of imidazole rings is 1. The summed E-state index contributed by atoms with van der Waals surface area (Å²) in [5, 5.41) is 0. The minimum absolute atomic E-state index is 0.681. The third kappa shape index (κ3) is 1.44. The molecule has 0 radical (unpaired) electrons. The number of methoxy groups -OCH3 is 1. The molecule has 0 saturated heterocycles. The van der Waals surface area contributed by atoms with Crippen molar-refractivity contribution in [3.8, 4) is 0 Å². The van der Waals surface area contributed by atoms with E-state index in [4.69, 9.17) is 10.5 Å². The smallest absolute Gasteiger partial charge is 0.111 e. The topological polar surface area (TPSA) is 53.1 Å². The highest BCUT2D eigenvalue weighted by molar-refractivity contribution is 5.86. The summed E-state index contributed by atoms with van der Waals surface area (Å²) in [6, 6.07) is 5.80. The van der Waals surface area contributed by atoms with Gasteiger partial charge in [0.2, 0.25) is 0 Å². The molecule has 0 bridgehead atoms. The second-order valence-corrected chi connectivity index (χ2v) is 3.15. The summed E-state index contributed by atoms with van der Waals surface area (Å²) in [6.07, 6.45) is 1.79. The Morgan fingerprint density at radius 3 is 3.14 bits per heavy atom. The van der Waals surface area contributed by atoms with Gasteiger partial charge in [-0.05, 0) is 12.1 Å². The molecule has 1 aromatic carbocycles. The molecule has 0 aliphatic heterocycles. The van der Waals surface area contributed by atoms with E-state index in [1.807, 2.05) is 22.8 Å². The minimum Gasteiger partial charge on any atom is -0.397 e. The van der Waals surface area contributed by atoms with Gasteiger partial charge in [0.1, 0.15) is 5.52 Å². The Hall–Kier alpha value is -1.55. The third-order valence-corrected chi connectivity index (χ3v) is 2.22. The standard InChI is InChI=1S/C10H13N3O/c1-14-6-5-13-7-12-10-8(11)3-2-4-9(10)13/h2-4,7H,5-6,11H2,1H3. The monoisotopic (exact) mass is 191 g/mol. The number of aromatic nitrogens is 2. The van der Waals surface area contributed by atoms with Crippen molar-refractivity contribution >= 4 is 16.7 Å². The first-order valence-corrected chi connectivity index (χ1v) is 4.51. The van der Waals surface area contributed by atoms with Crippen molar-refractivity contribution < 1.29 is 4.74 Å². The van der Waals surface area contributed by atoms with Crippen molar-refractivity contribution in [3.63, 3.8) is 0 Å². The molecule has 0 fully saturated rings. The molecule has 1 aromatic heterocycles. The molecule has 0 amide bonds. The van der Waals surface area contributed by atoms with Crippen LogP contribution in [0.25, 0.3) is 11.0 Å².